The highest BCUT2D eigenvalue weighted by molar-refractivity contribution is 5.91. The van der Waals surface area contributed by atoms with E-state index in [0.717, 1.165) is 12.1 Å². The van der Waals surface area contributed by atoms with Crippen LogP contribution in [0.2, 0.25) is 0 Å². The maximum atomic E-state index is 14.1. The van der Waals surface area contributed by atoms with Gasteiger partial charge in [0.25, 0.3) is 0 Å². The summed E-state index contributed by atoms with van der Waals surface area (Å²) in [5.41, 5.74) is 0.221. The van der Waals surface area contributed by atoms with Gasteiger partial charge in [-0.15, -0.1) is 0 Å². The Kier molecular flexibility index (Phi) is 6.69. The number of carbonyl (C=O) groups excluding carboxylic acids is 2. The fourth-order valence-electron chi connectivity index (χ4n) is 2.92. The summed E-state index contributed by atoms with van der Waals surface area (Å²) in [5, 5.41) is 0. The summed E-state index contributed by atoms with van der Waals surface area (Å²) in [5.74, 6) is -3.19. The molecule has 0 saturated heterocycles. The van der Waals surface area contributed by atoms with Crippen LogP contribution in [0.4, 0.5) is 8.78 Å². The van der Waals surface area contributed by atoms with Gasteiger partial charge in [-0.3, -0.25) is 4.79 Å². The Morgan fingerprint density at radius 2 is 1.71 bits per heavy atom. The molecular weight excluding hydrogens is 410 g/mol. The van der Waals surface area contributed by atoms with Gasteiger partial charge in [0, 0.05) is 12.1 Å². The monoisotopic (exact) mass is 430 g/mol. The molecule has 8 heteroatoms. The number of hydrogen-bond donors (Lipinski definition) is 0. The van der Waals surface area contributed by atoms with Crippen molar-refractivity contribution in [2.45, 2.75) is 13.3 Å². The van der Waals surface area contributed by atoms with E-state index < -0.39 is 29.5 Å². The molecule has 162 valence electrons. The lowest BCUT2D eigenvalue weighted by molar-refractivity contribution is -0.138. The molecule has 2 aromatic rings. The first kappa shape index (κ1) is 22.0. The fraction of sp³-hybridized carbons (Fsp3) is 0.217. The van der Waals surface area contributed by atoms with E-state index in [2.05, 4.69) is 0 Å². The van der Waals surface area contributed by atoms with E-state index in [1.807, 2.05) is 0 Å². The van der Waals surface area contributed by atoms with Gasteiger partial charge in [-0.05, 0) is 55.3 Å². The number of rotatable bonds is 6. The molecule has 6 nitrogen and oxygen atoms in total. The lowest BCUT2D eigenvalue weighted by Gasteiger charge is -2.17. The van der Waals surface area contributed by atoms with E-state index in [1.165, 1.54) is 44.6 Å². The topological polar surface area (TPSA) is 71.1 Å². The quantitative estimate of drug-likeness (QED) is 0.490. The Labute approximate surface area is 177 Å². The molecule has 3 rings (SSSR count). The maximum Gasteiger partial charge on any atom is 0.346 e. The summed E-state index contributed by atoms with van der Waals surface area (Å²) in [6.07, 6.45) is 2.86. The van der Waals surface area contributed by atoms with E-state index in [9.17, 15) is 18.4 Å². The molecule has 1 atom stereocenters. The van der Waals surface area contributed by atoms with Crippen molar-refractivity contribution in [2.75, 3.05) is 14.2 Å². The Morgan fingerprint density at radius 3 is 2.32 bits per heavy atom. The number of allylic oxidation sites excluding steroid dienone is 2. The van der Waals surface area contributed by atoms with Crippen LogP contribution in [0.5, 0.6) is 17.2 Å². The van der Waals surface area contributed by atoms with E-state index in [1.54, 1.807) is 13.0 Å². The molecule has 0 N–H and O–H groups in total. The van der Waals surface area contributed by atoms with Gasteiger partial charge in [0.05, 0.1) is 19.8 Å². The number of benzene rings is 2. The van der Waals surface area contributed by atoms with Gasteiger partial charge < -0.3 is 18.9 Å². The van der Waals surface area contributed by atoms with Crippen molar-refractivity contribution in [1.82, 2.24) is 0 Å². The zero-order chi connectivity index (χ0) is 22.5. The third-order valence-corrected chi connectivity index (χ3v) is 4.65. The number of esters is 2. The normalized spacial score (nSPS) is 15.5. The van der Waals surface area contributed by atoms with Crippen LogP contribution in [0.15, 0.2) is 60.1 Å². The summed E-state index contributed by atoms with van der Waals surface area (Å²) in [6.45, 7) is 1.63. The molecular formula is C23H20F2O6. The van der Waals surface area contributed by atoms with Gasteiger partial charge in [-0.25, -0.2) is 13.6 Å². The highest BCUT2D eigenvalue weighted by Gasteiger charge is 2.28. The molecule has 0 aliphatic heterocycles. The molecule has 0 spiro atoms. The first-order chi connectivity index (χ1) is 14.8. The van der Waals surface area contributed by atoms with Crippen LogP contribution >= 0.6 is 0 Å². The largest absolute Gasteiger partial charge is 0.497 e. The molecule has 0 heterocycles. The third kappa shape index (κ3) is 5.09. The Bertz CT molecular complexity index is 1070. The predicted molar refractivity (Wildman–Crippen MR) is 107 cm³/mol. The average molecular weight is 430 g/mol. The van der Waals surface area contributed by atoms with E-state index in [-0.39, 0.29) is 29.2 Å². The van der Waals surface area contributed by atoms with Gasteiger partial charge in [0.1, 0.15) is 40.6 Å². The van der Waals surface area contributed by atoms with Crippen molar-refractivity contribution in [3.05, 3.63) is 77.1 Å². The number of methoxy groups -OCH3 is 2. The summed E-state index contributed by atoms with van der Waals surface area (Å²) in [7, 11) is 2.80. The Hall–Kier alpha value is -3.68. The van der Waals surface area contributed by atoms with Crippen molar-refractivity contribution in [2.24, 2.45) is 5.92 Å². The fourth-order valence-corrected chi connectivity index (χ4v) is 2.92. The molecule has 1 aliphatic carbocycles. The second-order valence-electron chi connectivity index (χ2n) is 6.71. The highest BCUT2D eigenvalue weighted by atomic mass is 19.1. The van der Waals surface area contributed by atoms with Gasteiger partial charge in [0.2, 0.25) is 0 Å². The predicted octanol–water partition coefficient (Wildman–Crippen LogP) is 4.67. The zero-order valence-corrected chi connectivity index (χ0v) is 17.1. The first-order valence-corrected chi connectivity index (χ1v) is 9.31. The van der Waals surface area contributed by atoms with Crippen LogP contribution in [0.3, 0.4) is 0 Å². The lowest BCUT2D eigenvalue weighted by Crippen LogP contribution is -2.23. The molecule has 0 radical (unpaired) electrons. The summed E-state index contributed by atoms with van der Waals surface area (Å²) < 4.78 is 48.5. The van der Waals surface area contributed by atoms with Gasteiger partial charge in [-0.2, -0.15) is 0 Å². The molecule has 0 bridgehead atoms. The number of hydrogen-bond acceptors (Lipinski definition) is 6. The maximum absolute atomic E-state index is 14.1. The molecule has 0 amide bonds. The second-order valence-corrected chi connectivity index (χ2v) is 6.71. The number of halogens is 2. The summed E-state index contributed by atoms with van der Waals surface area (Å²) >= 11 is 0. The van der Waals surface area contributed by atoms with Crippen molar-refractivity contribution < 1.29 is 37.3 Å². The SMILES string of the molecule is COC1=CCC(C(=O)Oc2ccc(OC(=O)c3ccc(OC)cc3F)cc2C)C(F)=C1. The van der Waals surface area contributed by atoms with Gasteiger partial charge in [-0.1, -0.05) is 0 Å². The van der Waals surface area contributed by atoms with E-state index in [4.69, 9.17) is 18.9 Å². The molecule has 1 aliphatic rings. The average Bonchev–Trinajstić information content (AvgIpc) is 2.75. The molecule has 2 aromatic carbocycles. The molecule has 31 heavy (non-hydrogen) atoms. The van der Waals surface area contributed by atoms with E-state index >= 15 is 0 Å². The van der Waals surface area contributed by atoms with Crippen molar-refractivity contribution in [1.29, 1.82) is 0 Å². The van der Waals surface area contributed by atoms with Crippen LogP contribution in [0, 0.1) is 18.7 Å². The smallest absolute Gasteiger partial charge is 0.346 e. The summed E-state index contributed by atoms with van der Waals surface area (Å²) in [4.78, 5) is 24.6. The molecule has 0 saturated carbocycles. The van der Waals surface area contributed by atoms with Crippen LogP contribution in [0.1, 0.15) is 22.3 Å². The third-order valence-electron chi connectivity index (χ3n) is 4.65. The van der Waals surface area contributed by atoms with Gasteiger partial charge in [0.15, 0.2) is 0 Å². The van der Waals surface area contributed by atoms with Crippen molar-refractivity contribution in [3.8, 4) is 17.2 Å². The zero-order valence-electron chi connectivity index (χ0n) is 17.1. The summed E-state index contributed by atoms with van der Waals surface area (Å²) in [6, 6.07) is 8.05. The standard InChI is InChI=1S/C23H20F2O6/c1-13-10-16(30-22(26)17-7-4-14(28-2)11-19(17)24)6-9-21(13)31-23(27)18-8-5-15(29-3)12-20(18)25/h4-7,9-12,18H,8H2,1-3H3. The van der Waals surface area contributed by atoms with Crippen LogP contribution in [-0.2, 0) is 9.53 Å². The van der Waals surface area contributed by atoms with Crippen molar-refractivity contribution >= 4 is 11.9 Å². The minimum absolute atomic E-state index is 0.118. The van der Waals surface area contributed by atoms with Gasteiger partial charge >= 0.3 is 11.9 Å². The molecule has 0 fully saturated rings. The van der Waals surface area contributed by atoms with Crippen molar-refractivity contribution in [3.63, 3.8) is 0 Å². The van der Waals surface area contributed by atoms with Crippen LogP contribution in [0.25, 0.3) is 0 Å². The lowest BCUT2D eigenvalue weighted by atomic mass is 9.99. The van der Waals surface area contributed by atoms with Crippen LogP contribution < -0.4 is 14.2 Å². The van der Waals surface area contributed by atoms with Crippen LogP contribution in [-0.4, -0.2) is 26.2 Å². The Balaban J connectivity index is 1.68. The number of ether oxygens (including phenoxy) is 4. The minimum atomic E-state index is -1.06. The number of carbonyl (C=O) groups is 2. The molecule has 0 aromatic heterocycles. The van der Waals surface area contributed by atoms with E-state index in [0.29, 0.717) is 11.3 Å². The highest BCUT2D eigenvalue weighted by Crippen LogP contribution is 2.30. The second kappa shape index (κ2) is 9.42. The minimum Gasteiger partial charge on any atom is -0.497 e. The molecule has 1 unspecified atom stereocenters. The number of aryl methyl sites for hydroxylation is 1. The first-order valence-electron chi connectivity index (χ1n) is 9.31. The Morgan fingerprint density at radius 1 is 0.968 bits per heavy atom.